The van der Waals surface area contributed by atoms with Gasteiger partial charge in [0, 0.05) is 31.6 Å². The van der Waals surface area contributed by atoms with Gasteiger partial charge in [-0.15, -0.1) is 11.3 Å². The number of amides is 1. The number of hydrogen-bond acceptors (Lipinski definition) is 5. The largest absolute Gasteiger partial charge is 0.337 e. The molecule has 26 heavy (non-hydrogen) atoms. The molecule has 0 saturated carbocycles. The Morgan fingerprint density at radius 1 is 1.15 bits per heavy atom. The first-order valence-electron chi connectivity index (χ1n) is 8.51. The molecular formula is C18H21N3O3S2. The third-order valence-corrected chi connectivity index (χ3v) is 7.44. The van der Waals surface area contributed by atoms with E-state index in [0.717, 1.165) is 17.9 Å². The SMILES string of the molecule is CN1C[C@H]2CN(C(=O)c3sccc3S(N)(=O)=O)C[C@H]2[C@@H]1c1ccccc1. The number of nitrogens with two attached hydrogens (primary N) is 1. The van der Waals surface area contributed by atoms with E-state index in [0.29, 0.717) is 24.9 Å². The zero-order chi connectivity index (χ0) is 18.5. The second-order valence-electron chi connectivity index (χ2n) is 7.09. The minimum Gasteiger partial charge on any atom is -0.337 e. The van der Waals surface area contributed by atoms with Gasteiger partial charge in [-0.05, 0) is 30.0 Å². The monoisotopic (exact) mass is 391 g/mol. The van der Waals surface area contributed by atoms with E-state index in [-0.39, 0.29) is 21.7 Å². The minimum absolute atomic E-state index is 0.0683. The van der Waals surface area contributed by atoms with E-state index < -0.39 is 10.0 Å². The van der Waals surface area contributed by atoms with Gasteiger partial charge in [-0.1, -0.05) is 30.3 Å². The second-order valence-corrected chi connectivity index (χ2v) is 9.53. The average molecular weight is 392 g/mol. The lowest BCUT2D eigenvalue weighted by Crippen LogP contribution is -2.33. The highest BCUT2D eigenvalue weighted by molar-refractivity contribution is 7.89. The number of primary sulfonamides is 1. The summed E-state index contributed by atoms with van der Waals surface area (Å²) >= 11 is 1.14. The van der Waals surface area contributed by atoms with Gasteiger partial charge in [-0.3, -0.25) is 9.69 Å². The topological polar surface area (TPSA) is 83.7 Å². The summed E-state index contributed by atoms with van der Waals surface area (Å²) in [5.74, 6) is 0.518. The molecule has 1 aromatic carbocycles. The van der Waals surface area contributed by atoms with Crippen molar-refractivity contribution in [1.29, 1.82) is 0 Å². The Hall–Kier alpha value is -1.74. The molecule has 0 spiro atoms. The van der Waals surface area contributed by atoms with Crippen molar-refractivity contribution in [2.75, 3.05) is 26.7 Å². The van der Waals surface area contributed by atoms with Crippen LogP contribution in [0.25, 0.3) is 0 Å². The Balaban J connectivity index is 1.58. The normalized spacial score (nSPS) is 26.2. The summed E-state index contributed by atoms with van der Waals surface area (Å²) in [6.45, 7) is 2.22. The molecular weight excluding hydrogens is 370 g/mol. The first kappa shape index (κ1) is 17.7. The van der Waals surface area contributed by atoms with Crippen LogP contribution in [-0.4, -0.2) is 50.8 Å². The van der Waals surface area contributed by atoms with Crippen molar-refractivity contribution in [1.82, 2.24) is 9.80 Å². The predicted molar refractivity (Wildman–Crippen MR) is 100 cm³/mol. The molecule has 138 valence electrons. The molecule has 8 heteroatoms. The number of carbonyl (C=O) groups excluding carboxylic acids is 1. The average Bonchev–Trinajstić information content (AvgIpc) is 3.28. The standard InChI is InChI=1S/C18H21N3O3S2/c1-20-9-13-10-21(11-14(13)16(20)12-5-3-2-4-6-12)18(22)17-15(7-8-25-17)26(19,23)24/h2-8,13-14,16H,9-11H2,1H3,(H2,19,23,24)/t13-,14+,16-/m0/s1. The van der Waals surface area contributed by atoms with Gasteiger partial charge < -0.3 is 4.90 Å². The van der Waals surface area contributed by atoms with Crippen molar-refractivity contribution in [3.8, 4) is 0 Å². The fourth-order valence-corrected chi connectivity index (χ4v) is 6.33. The maximum Gasteiger partial charge on any atom is 0.265 e. The van der Waals surface area contributed by atoms with E-state index in [9.17, 15) is 13.2 Å². The van der Waals surface area contributed by atoms with Crippen LogP contribution in [-0.2, 0) is 10.0 Å². The lowest BCUT2D eigenvalue weighted by Gasteiger charge is -2.26. The Morgan fingerprint density at radius 3 is 2.58 bits per heavy atom. The van der Waals surface area contributed by atoms with Crippen molar-refractivity contribution >= 4 is 27.3 Å². The molecule has 1 amide bonds. The van der Waals surface area contributed by atoms with Gasteiger partial charge in [0.15, 0.2) is 0 Å². The first-order valence-corrected chi connectivity index (χ1v) is 10.9. The van der Waals surface area contributed by atoms with Crippen LogP contribution in [0, 0.1) is 11.8 Å². The van der Waals surface area contributed by atoms with Crippen LogP contribution in [0.4, 0.5) is 0 Å². The highest BCUT2D eigenvalue weighted by Crippen LogP contribution is 2.44. The number of nitrogens with zero attached hydrogens (tertiary/aromatic N) is 2. The maximum absolute atomic E-state index is 12.9. The Morgan fingerprint density at radius 2 is 1.88 bits per heavy atom. The fourth-order valence-electron chi connectivity index (χ4n) is 4.40. The summed E-state index contributed by atoms with van der Waals surface area (Å²) in [6.07, 6.45) is 0. The van der Waals surface area contributed by atoms with Gasteiger partial charge in [-0.25, -0.2) is 13.6 Å². The third-order valence-electron chi connectivity index (χ3n) is 5.45. The van der Waals surface area contributed by atoms with Crippen LogP contribution in [0.15, 0.2) is 46.7 Å². The van der Waals surface area contributed by atoms with Crippen molar-refractivity contribution in [2.45, 2.75) is 10.9 Å². The molecule has 2 aromatic rings. The number of thiophene rings is 1. The van der Waals surface area contributed by atoms with Gasteiger partial charge in [0.1, 0.15) is 9.77 Å². The molecule has 2 N–H and O–H groups in total. The highest BCUT2D eigenvalue weighted by Gasteiger charge is 2.47. The quantitative estimate of drug-likeness (QED) is 0.864. The van der Waals surface area contributed by atoms with Gasteiger partial charge in [-0.2, -0.15) is 0 Å². The molecule has 2 fully saturated rings. The molecule has 0 unspecified atom stereocenters. The van der Waals surface area contributed by atoms with Crippen LogP contribution in [0.5, 0.6) is 0 Å². The smallest absolute Gasteiger partial charge is 0.265 e. The highest BCUT2D eigenvalue weighted by atomic mass is 32.2. The van der Waals surface area contributed by atoms with Crippen LogP contribution in [0.2, 0.25) is 0 Å². The zero-order valence-electron chi connectivity index (χ0n) is 14.4. The number of likely N-dealkylation sites (tertiary alicyclic amines) is 2. The van der Waals surface area contributed by atoms with Gasteiger partial charge in [0.25, 0.3) is 5.91 Å². The van der Waals surface area contributed by atoms with Crippen LogP contribution in [0.1, 0.15) is 21.3 Å². The van der Waals surface area contributed by atoms with Crippen molar-refractivity contribution < 1.29 is 13.2 Å². The first-order chi connectivity index (χ1) is 12.4. The molecule has 0 bridgehead atoms. The number of hydrogen-bond donors (Lipinski definition) is 1. The molecule has 2 aliphatic rings. The van der Waals surface area contributed by atoms with Crippen LogP contribution >= 0.6 is 11.3 Å². The van der Waals surface area contributed by atoms with Gasteiger partial charge in [0.05, 0.1) is 0 Å². The summed E-state index contributed by atoms with van der Waals surface area (Å²) in [4.78, 5) is 17.2. The molecule has 0 radical (unpaired) electrons. The number of carbonyl (C=O) groups is 1. The van der Waals surface area contributed by atoms with Crippen LogP contribution in [0.3, 0.4) is 0 Å². The lowest BCUT2D eigenvalue weighted by molar-refractivity contribution is 0.0769. The maximum atomic E-state index is 12.9. The zero-order valence-corrected chi connectivity index (χ0v) is 16.0. The molecule has 2 saturated heterocycles. The summed E-state index contributed by atoms with van der Waals surface area (Å²) in [6, 6.07) is 12.0. The van der Waals surface area contributed by atoms with Gasteiger partial charge >= 0.3 is 0 Å². The number of fused-ring (bicyclic) bond motifs is 1. The van der Waals surface area contributed by atoms with Crippen molar-refractivity contribution in [3.05, 3.63) is 52.2 Å². The van der Waals surface area contributed by atoms with Crippen molar-refractivity contribution in [3.63, 3.8) is 0 Å². The molecule has 1 aromatic heterocycles. The molecule has 6 nitrogen and oxygen atoms in total. The van der Waals surface area contributed by atoms with E-state index in [1.165, 1.54) is 11.6 Å². The van der Waals surface area contributed by atoms with Crippen molar-refractivity contribution in [2.24, 2.45) is 17.0 Å². The Kier molecular flexibility index (Phi) is 4.38. The predicted octanol–water partition coefficient (Wildman–Crippen LogP) is 1.77. The molecule has 4 rings (SSSR count). The Bertz CT molecular complexity index is 926. The van der Waals surface area contributed by atoms with E-state index in [1.54, 1.807) is 10.3 Å². The van der Waals surface area contributed by atoms with Crippen LogP contribution < -0.4 is 5.14 Å². The number of rotatable bonds is 3. The van der Waals surface area contributed by atoms with E-state index in [4.69, 9.17) is 5.14 Å². The molecule has 3 atom stereocenters. The summed E-state index contributed by atoms with van der Waals surface area (Å²) in [5.41, 5.74) is 1.26. The summed E-state index contributed by atoms with van der Waals surface area (Å²) < 4.78 is 23.4. The summed E-state index contributed by atoms with van der Waals surface area (Å²) in [5, 5.41) is 6.85. The third kappa shape index (κ3) is 2.96. The molecule has 3 heterocycles. The Labute approximate surface area is 157 Å². The van der Waals surface area contributed by atoms with E-state index in [2.05, 4.69) is 24.1 Å². The fraction of sp³-hybridized carbons (Fsp3) is 0.389. The molecule has 0 aliphatic carbocycles. The summed E-state index contributed by atoms with van der Waals surface area (Å²) in [7, 11) is -1.77. The lowest BCUT2D eigenvalue weighted by atomic mass is 9.90. The van der Waals surface area contributed by atoms with E-state index >= 15 is 0 Å². The number of sulfonamides is 1. The van der Waals surface area contributed by atoms with Gasteiger partial charge in [0.2, 0.25) is 10.0 Å². The number of benzene rings is 1. The minimum atomic E-state index is -3.89. The second kappa shape index (κ2) is 6.45. The van der Waals surface area contributed by atoms with E-state index in [1.807, 2.05) is 18.2 Å². The molecule has 2 aliphatic heterocycles.